The van der Waals surface area contributed by atoms with Crippen LogP contribution < -0.4 is 4.70 Å². The Morgan fingerprint density at radius 1 is 0.238 bits per heavy atom. The van der Waals surface area contributed by atoms with Crippen molar-refractivity contribution in [2.45, 2.75) is 0 Å². The Hall–Kier alpha value is -5.31. The second-order valence-corrected chi connectivity index (χ2v) is 9.67. The van der Waals surface area contributed by atoms with Gasteiger partial charge in [-0.25, -0.2) is 39.9 Å². The molecule has 0 amide bonds. The Bertz CT molecular complexity index is 1800. The van der Waals surface area contributed by atoms with Gasteiger partial charge in [0.25, 0.3) is 0 Å². The third kappa shape index (κ3) is 3.73. The summed E-state index contributed by atoms with van der Waals surface area (Å²) in [7, 11) is 0. The molecule has 0 fully saturated rings. The van der Waals surface area contributed by atoms with Gasteiger partial charge in [-0.05, 0) is 0 Å². The molecule has 10 heteroatoms. The van der Waals surface area contributed by atoms with Crippen molar-refractivity contribution in [1.82, 2.24) is 0 Å². The molecule has 5 heterocycles. The van der Waals surface area contributed by atoms with E-state index >= 15 is 0 Å². The minimum atomic E-state index is 0. The van der Waals surface area contributed by atoms with Gasteiger partial charge in [0.1, 0.15) is 0 Å². The predicted molar refractivity (Wildman–Crippen MR) is 158 cm³/mol. The molecule has 0 aromatic heterocycles. The molecular formula is C32H16CuFN8-. The molecule has 0 saturated heterocycles. The number of halogens is 1. The number of rotatable bonds is 0. The van der Waals surface area contributed by atoms with Gasteiger partial charge in [-0.2, -0.15) is 0 Å². The zero-order chi connectivity index (χ0) is 26.2. The average molecular weight is 595 g/mol. The largest absolute Gasteiger partial charge is 1.00 e. The molecule has 5 aliphatic heterocycles. The van der Waals surface area contributed by atoms with Crippen molar-refractivity contribution < 1.29 is 21.8 Å². The molecule has 4 aromatic rings. The van der Waals surface area contributed by atoms with Gasteiger partial charge >= 0.3 is 0 Å². The first-order valence-electron chi connectivity index (χ1n) is 12.9. The molecule has 1 radical (unpaired) electrons. The van der Waals surface area contributed by atoms with Gasteiger partial charge in [0.2, 0.25) is 0 Å². The molecule has 9 rings (SSSR count). The summed E-state index contributed by atoms with van der Waals surface area (Å²) in [5, 5.41) is 0. The van der Waals surface area contributed by atoms with Crippen LogP contribution in [-0.2, 0) is 17.1 Å². The Kier molecular flexibility index (Phi) is 5.90. The van der Waals surface area contributed by atoms with E-state index in [1.807, 2.05) is 97.1 Å². The Labute approximate surface area is 249 Å². The van der Waals surface area contributed by atoms with Gasteiger partial charge in [0.15, 0.2) is 46.7 Å². The predicted octanol–water partition coefficient (Wildman–Crippen LogP) is 1.83. The van der Waals surface area contributed by atoms with Gasteiger partial charge in [0, 0.05) is 61.6 Å². The van der Waals surface area contributed by atoms with E-state index in [0.29, 0.717) is 46.7 Å². The molecule has 8 bridgehead atoms. The molecule has 0 aliphatic carbocycles. The normalized spacial score (nSPS) is 16.4. The monoisotopic (exact) mass is 594 g/mol. The summed E-state index contributed by atoms with van der Waals surface area (Å²) >= 11 is 0. The van der Waals surface area contributed by atoms with Gasteiger partial charge < -0.3 is 4.70 Å². The summed E-state index contributed by atoms with van der Waals surface area (Å²) in [6, 6.07) is 31.8. The molecular weight excluding hydrogens is 579 g/mol. The van der Waals surface area contributed by atoms with Crippen LogP contribution in [0.1, 0.15) is 44.5 Å². The summed E-state index contributed by atoms with van der Waals surface area (Å²) in [4.78, 5) is 39.3. The molecule has 8 nitrogen and oxygen atoms in total. The van der Waals surface area contributed by atoms with Crippen molar-refractivity contribution in [3.63, 3.8) is 0 Å². The SMILES string of the molecule is [Cu].[F-].c1ccc2c(c1)C1=NC2=NC2=NC(=NC3=NC(=NC4=NC(=N1)c1ccccc14)c1ccccc13)c1ccccc12. The van der Waals surface area contributed by atoms with E-state index in [4.69, 9.17) is 39.9 Å². The quantitative estimate of drug-likeness (QED) is 0.278. The number of nitrogens with zero attached hydrogens (tertiary/aromatic N) is 8. The third-order valence-corrected chi connectivity index (χ3v) is 7.33. The van der Waals surface area contributed by atoms with Gasteiger partial charge in [-0.3, -0.25) is 0 Å². The topological polar surface area (TPSA) is 98.9 Å². The molecule has 5 aliphatic rings. The summed E-state index contributed by atoms with van der Waals surface area (Å²) in [6.07, 6.45) is 0. The van der Waals surface area contributed by atoms with Crippen molar-refractivity contribution in [1.29, 1.82) is 0 Å². The van der Waals surface area contributed by atoms with E-state index in [-0.39, 0.29) is 21.8 Å². The number of amidine groups is 8. The molecule has 0 atom stereocenters. The van der Waals surface area contributed by atoms with Gasteiger partial charge in [0.05, 0.1) is 0 Å². The fourth-order valence-electron chi connectivity index (χ4n) is 5.46. The molecule has 0 N–H and O–H groups in total. The van der Waals surface area contributed by atoms with Crippen molar-refractivity contribution in [3.8, 4) is 0 Å². The Morgan fingerprint density at radius 3 is 0.476 bits per heavy atom. The maximum Gasteiger partial charge on any atom is 0.164 e. The third-order valence-electron chi connectivity index (χ3n) is 7.33. The molecule has 0 unspecified atom stereocenters. The first-order valence-corrected chi connectivity index (χ1v) is 12.9. The number of aliphatic imine (C=N–C) groups is 8. The number of benzene rings is 4. The van der Waals surface area contributed by atoms with E-state index in [9.17, 15) is 0 Å². The fourth-order valence-corrected chi connectivity index (χ4v) is 5.46. The number of hydrogen-bond acceptors (Lipinski definition) is 8. The smallest absolute Gasteiger partial charge is 0.164 e. The van der Waals surface area contributed by atoms with Gasteiger partial charge in [-0.1, -0.05) is 97.1 Å². The maximum absolute atomic E-state index is 4.95. The van der Waals surface area contributed by atoms with E-state index in [1.54, 1.807) is 0 Å². The molecule has 4 aromatic carbocycles. The minimum absolute atomic E-state index is 0. The second-order valence-electron chi connectivity index (χ2n) is 9.67. The first-order chi connectivity index (χ1) is 19.8. The second kappa shape index (κ2) is 9.66. The first kappa shape index (κ1) is 25.6. The van der Waals surface area contributed by atoms with Crippen LogP contribution in [0.25, 0.3) is 0 Å². The summed E-state index contributed by atoms with van der Waals surface area (Å²) in [5.41, 5.74) is 7.15. The van der Waals surface area contributed by atoms with Crippen LogP contribution in [0.5, 0.6) is 0 Å². The van der Waals surface area contributed by atoms with Crippen LogP contribution in [0.3, 0.4) is 0 Å². The van der Waals surface area contributed by atoms with E-state index in [1.165, 1.54) is 0 Å². The van der Waals surface area contributed by atoms with Gasteiger partial charge in [-0.15, -0.1) is 0 Å². The summed E-state index contributed by atoms with van der Waals surface area (Å²) < 4.78 is 0. The molecule has 0 spiro atoms. The van der Waals surface area contributed by atoms with Crippen LogP contribution in [0, 0.1) is 0 Å². The Morgan fingerprint density at radius 2 is 0.357 bits per heavy atom. The van der Waals surface area contributed by atoms with Crippen LogP contribution in [0.15, 0.2) is 137 Å². The summed E-state index contributed by atoms with van der Waals surface area (Å²) in [5.74, 6) is 4.42. The molecule has 42 heavy (non-hydrogen) atoms. The molecule has 0 saturated carbocycles. The minimum Gasteiger partial charge on any atom is -1.00 e. The van der Waals surface area contributed by atoms with E-state index in [2.05, 4.69) is 0 Å². The molecule has 203 valence electrons. The standard InChI is InChI=1S/C32H16N8.Cu.FH/c1-2-10-18-17(9-1)25-33-26(18)38-28-21-13-5-6-14-22(21)30(35-28)40-32-24-16-8-7-15-23(24)31(36-32)39-29-20-12-4-3-11-19(20)27(34-29)37-25;;/h1-16H;;1H/p-1. The van der Waals surface area contributed by atoms with Crippen molar-refractivity contribution in [2.24, 2.45) is 39.9 Å². The Balaban J connectivity index is 0.00000144. The maximum atomic E-state index is 4.95. The fraction of sp³-hybridized carbons (Fsp3) is 0. The van der Waals surface area contributed by atoms with E-state index < -0.39 is 0 Å². The van der Waals surface area contributed by atoms with E-state index in [0.717, 1.165) is 44.5 Å². The zero-order valence-corrected chi connectivity index (χ0v) is 22.4. The van der Waals surface area contributed by atoms with Crippen molar-refractivity contribution in [3.05, 3.63) is 142 Å². The summed E-state index contributed by atoms with van der Waals surface area (Å²) in [6.45, 7) is 0. The van der Waals surface area contributed by atoms with Crippen LogP contribution in [-0.4, -0.2) is 46.7 Å². The zero-order valence-electron chi connectivity index (χ0n) is 21.5. The van der Waals surface area contributed by atoms with Crippen molar-refractivity contribution in [2.75, 3.05) is 0 Å². The number of hydrogen-bond donors (Lipinski definition) is 0. The van der Waals surface area contributed by atoms with Crippen LogP contribution in [0.4, 0.5) is 0 Å². The number of fused-ring (bicyclic) bond motifs is 16. The van der Waals surface area contributed by atoms with Crippen LogP contribution >= 0.6 is 0 Å². The average Bonchev–Trinajstić information content (AvgIpc) is 3.73. The van der Waals surface area contributed by atoms with Crippen molar-refractivity contribution >= 4 is 46.7 Å². The van der Waals surface area contributed by atoms with Crippen LogP contribution in [0.2, 0.25) is 0 Å².